The van der Waals surface area contributed by atoms with E-state index in [0.717, 1.165) is 47.5 Å². The van der Waals surface area contributed by atoms with Gasteiger partial charge >= 0.3 is 6.03 Å². The van der Waals surface area contributed by atoms with Gasteiger partial charge in [0.15, 0.2) is 0 Å². The van der Waals surface area contributed by atoms with E-state index in [-0.39, 0.29) is 11.9 Å². The fourth-order valence-electron chi connectivity index (χ4n) is 3.58. The van der Waals surface area contributed by atoms with Gasteiger partial charge in [-0.1, -0.05) is 18.2 Å². The lowest BCUT2D eigenvalue weighted by Crippen LogP contribution is -2.45. The quantitative estimate of drug-likeness (QED) is 0.504. The number of urea groups is 1. The van der Waals surface area contributed by atoms with Crippen LogP contribution in [-0.4, -0.2) is 40.9 Å². The predicted octanol–water partition coefficient (Wildman–Crippen LogP) is 2.79. The number of hydrogen-bond donors (Lipinski definition) is 4. The van der Waals surface area contributed by atoms with Crippen LogP contribution in [0, 0.1) is 0 Å². The minimum atomic E-state index is -0.697. The Hall–Kier alpha value is -3.17. The van der Waals surface area contributed by atoms with E-state index in [4.69, 9.17) is 5.73 Å². The standard InChI is InChI=1S/C21H24N6O2S/c1-27-12-15(10-24-27)13-4-2-5-14(8-13)18-9-17(26-21(22)29)19(30-18)20(28)25-16-6-3-7-23-11-16/h2,4-5,8-10,12,16,23H,3,6-7,11H2,1H3,(H,25,28)(H3,22,26,29). The summed E-state index contributed by atoms with van der Waals surface area (Å²) in [5.41, 5.74) is 8.74. The Balaban J connectivity index is 1.64. The molecule has 1 aromatic carbocycles. The van der Waals surface area contributed by atoms with Crippen LogP contribution >= 0.6 is 11.3 Å². The molecular weight excluding hydrogens is 400 g/mol. The van der Waals surface area contributed by atoms with Crippen LogP contribution in [0.15, 0.2) is 42.7 Å². The van der Waals surface area contributed by atoms with Gasteiger partial charge in [-0.25, -0.2) is 4.79 Å². The van der Waals surface area contributed by atoms with E-state index in [1.54, 1.807) is 10.7 Å². The summed E-state index contributed by atoms with van der Waals surface area (Å²) < 4.78 is 1.75. The van der Waals surface area contributed by atoms with Crippen molar-refractivity contribution in [2.75, 3.05) is 18.4 Å². The topological polar surface area (TPSA) is 114 Å². The second-order valence-electron chi connectivity index (χ2n) is 7.34. The summed E-state index contributed by atoms with van der Waals surface area (Å²) in [6, 6.07) is 9.18. The van der Waals surface area contributed by atoms with Crippen molar-refractivity contribution in [2.24, 2.45) is 12.8 Å². The van der Waals surface area contributed by atoms with Gasteiger partial charge < -0.3 is 21.7 Å². The van der Waals surface area contributed by atoms with Crippen LogP contribution < -0.4 is 21.7 Å². The van der Waals surface area contributed by atoms with E-state index in [0.29, 0.717) is 10.6 Å². The number of piperidine rings is 1. The van der Waals surface area contributed by atoms with Gasteiger partial charge in [-0.15, -0.1) is 11.3 Å². The fourth-order valence-corrected chi connectivity index (χ4v) is 4.59. The van der Waals surface area contributed by atoms with E-state index < -0.39 is 6.03 Å². The van der Waals surface area contributed by atoms with Crippen molar-refractivity contribution in [3.05, 3.63) is 47.6 Å². The van der Waals surface area contributed by atoms with Gasteiger partial charge in [0.1, 0.15) is 4.88 Å². The first-order chi connectivity index (χ1) is 14.5. The number of nitrogens with one attached hydrogen (secondary N) is 3. The number of rotatable bonds is 5. The average molecular weight is 425 g/mol. The van der Waals surface area contributed by atoms with E-state index in [2.05, 4.69) is 21.0 Å². The third-order valence-corrected chi connectivity index (χ3v) is 6.20. The molecule has 1 atom stereocenters. The third-order valence-electron chi connectivity index (χ3n) is 5.01. The number of aryl methyl sites for hydroxylation is 1. The predicted molar refractivity (Wildman–Crippen MR) is 119 cm³/mol. The molecule has 3 aromatic rings. The number of anilines is 1. The highest BCUT2D eigenvalue weighted by atomic mass is 32.1. The minimum absolute atomic E-state index is 0.0761. The molecule has 1 saturated heterocycles. The molecule has 9 heteroatoms. The Labute approximate surface area is 178 Å². The summed E-state index contributed by atoms with van der Waals surface area (Å²) in [6.07, 6.45) is 5.71. The van der Waals surface area contributed by atoms with Crippen molar-refractivity contribution in [2.45, 2.75) is 18.9 Å². The molecule has 3 amide bonds. The first kappa shape index (κ1) is 20.1. The van der Waals surface area contributed by atoms with Gasteiger partial charge in [0, 0.05) is 36.3 Å². The molecule has 156 valence electrons. The monoisotopic (exact) mass is 424 g/mol. The van der Waals surface area contributed by atoms with Crippen molar-refractivity contribution in [3.63, 3.8) is 0 Å². The van der Waals surface area contributed by atoms with Gasteiger partial charge in [0.2, 0.25) is 0 Å². The number of amides is 3. The Bertz CT molecular complexity index is 1070. The molecule has 30 heavy (non-hydrogen) atoms. The Morgan fingerprint density at radius 1 is 1.27 bits per heavy atom. The highest BCUT2D eigenvalue weighted by Gasteiger charge is 2.22. The summed E-state index contributed by atoms with van der Waals surface area (Å²) >= 11 is 1.34. The van der Waals surface area contributed by atoms with Crippen LogP contribution in [0.2, 0.25) is 0 Å². The largest absolute Gasteiger partial charge is 0.351 e. The number of nitrogens with two attached hydrogens (primary N) is 1. The molecule has 1 aliphatic heterocycles. The van der Waals surface area contributed by atoms with Crippen LogP contribution in [0.5, 0.6) is 0 Å². The molecule has 1 unspecified atom stereocenters. The molecule has 1 aliphatic rings. The highest BCUT2D eigenvalue weighted by molar-refractivity contribution is 7.18. The van der Waals surface area contributed by atoms with E-state index >= 15 is 0 Å². The number of carbonyl (C=O) groups excluding carboxylic acids is 2. The van der Waals surface area contributed by atoms with Crippen molar-refractivity contribution < 1.29 is 9.59 Å². The van der Waals surface area contributed by atoms with Crippen LogP contribution in [-0.2, 0) is 7.05 Å². The van der Waals surface area contributed by atoms with Crippen molar-refractivity contribution >= 4 is 29.0 Å². The molecule has 0 bridgehead atoms. The van der Waals surface area contributed by atoms with Crippen molar-refractivity contribution in [1.82, 2.24) is 20.4 Å². The number of primary amides is 1. The molecule has 0 saturated carbocycles. The molecule has 8 nitrogen and oxygen atoms in total. The molecule has 2 aromatic heterocycles. The second-order valence-corrected chi connectivity index (χ2v) is 8.40. The number of hydrogen-bond acceptors (Lipinski definition) is 5. The lowest BCUT2D eigenvalue weighted by Gasteiger charge is -2.23. The molecule has 0 aliphatic carbocycles. The number of aromatic nitrogens is 2. The smallest absolute Gasteiger partial charge is 0.316 e. The Morgan fingerprint density at radius 3 is 2.80 bits per heavy atom. The molecule has 5 N–H and O–H groups in total. The zero-order valence-electron chi connectivity index (χ0n) is 16.6. The number of nitrogens with zero attached hydrogens (tertiary/aromatic N) is 2. The maximum Gasteiger partial charge on any atom is 0.316 e. The van der Waals surface area contributed by atoms with Gasteiger partial charge in [0.25, 0.3) is 5.91 Å². The van der Waals surface area contributed by atoms with Crippen LogP contribution in [0.1, 0.15) is 22.5 Å². The third kappa shape index (κ3) is 4.52. The zero-order valence-corrected chi connectivity index (χ0v) is 17.5. The summed E-state index contributed by atoms with van der Waals surface area (Å²) in [5, 5.41) is 13.2. The van der Waals surface area contributed by atoms with Crippen molar-refractivity contribution in [1.29, 1.82) is 0 Å². The Kier molecular flexibility index (Phi) is 5.82. The number of thiophene rings is 1. The zero-order chi connectivity index (χ0) is 21.1. The summed E-state index contributed by atoms with van der Waals surface area (Å²) in [6.45, 7) is 1.72. The first-order valence-electron chi connectivity index (χ1n) is 9.81. The molecule has 4 rings (SSSR count). The highest BCUT2D eigenvalue weighted by Crippen LogP contribution is 2.36. The SMILES string of the molecule is Cn1cc(-c2cccc(-c3cc(NC(N)=O)c(C(=O)NC4CCCNC4)s3)c2)cn1. The van der Waals surface area contributed by atoms with E-state index in [1.165, 1.54) is 11.3 Å². The van der Waals surface area contributed by atoms with Crippen molar-refractivity contribution in [3.8, 4) is 21.6 Å². The molecule has 0 radical (unpaired) electrons. The maximum absolute atomic E-state index is 12.9. The first-order valence-corrected chi connectivity index (χ1v) is 10.6. The van der Waals surface area contributed by atoms with E-state index in [9.17, 15) is 9.59 Å². The summed E-state index contributed by atoms with van der Waals surface area (Å²) in [7, 11) is 1.88. The average Bonchev–Trinajstić information content (AvgIpc) is 3.35. The molecular formula is C21H24N6O2S. The number of benzene rings is 1. The van der Waals surface area contributed by atoms with Crippen LogP contribution in [0.25, 0.3) is 21.6 Å². The lowest BCUT2D eigenvalue weighted by atomic mass is 10.1. The van der Waals surface area contributed by atoms with Crippen LogP contribution in [0.3, 0.4) is 0 Å². The van der Waals surface area contributed by atoms with Gasteiger partial charge in [0.05, 0.1) is 11.9 Å². The second kappa shape index (κ2) is 8.68. The van der Waals surface area contributed by atoms with Crippen LogP contribution in [0.4, 0.5) is 10.5 Å². The fraction of sp³-hybridized carbons (Fsp3) is 0.286. The normalized spacial score (nSPS) is 16.2. The molecule has 1 fully saturated rings. The summed E-state index contributed by atoms with van der Waals surface area (Å²) in [4.78, 5) is 25.7. The van der Waals surface area contributed by atoms with Gasteiger partial charge in [-0.2, -0.15) is 5.10 Å². The lowest BCUT2D eigenvalue weighted by molar-refractivity contribution is 0.0935. The number of carbonyl (C=O) groups is 2. The van der Waals surface area contributed by atoms with Gasteiger partial charge in [-0.3, -0.25) is 9.48 Å². The molecule has 3 heterocycles. The Morgan fingerprint density at radius 2 is 2.10 bits per heavy atom. The maximum atomic E-state index is 12.9. The minimum Gasteiger partial charge on any atom is -0.351 e. The van der Waals surface area contributed by atoms with E-state index in [1.807, 2.05) is 43.7 Å². The summed E-state index contributed by atoms with van der Waals surface area (Å²) in [5.74, 6) is -0.202. The molecule has 0 spiro atoms. The van der Waals surface area contributed by atoms with Gasteiger partial charge in [-0.05, 0) is 42.6 Å².